The zero-order valence-electron chi connectivity index (χ0n) is 11.3. The van der Waals surface area contributed by atoms with Gasteiger partial charge in [0.15, 0.2) is 5.96 Å². The maximum Gasteiger partial charge on any atom is 0.191 e. The number of guanidine groups is 1. The minimum atomic E-state index is 0.630. The summed E-state index contributed by atoms with van der Waals surface area (Å²) in [5.74, 6) is 2.87. The van der Waals surface area contributed by atoms with Crippen molar-refractivity contribution in [2.45, 2.75) is 57.9 Å². The van der Waals surface area contributed by atoms with E-state index in [1.807, 2.05) is 7.05 Å². The fourth-order valence-corrected chi connectivity index (χ4v) is 2.75. The van der Waals surface area contributed by atoms with Gasteiger partial charge in [-0.3, -0.25) is 4.99 Å². The fourth-order valence-electron chi connectivity index (χ4n) is 2.75. The number of nitrogens with zero attached hydrogens (tertiary/aromatic N) is 1. The Kier molecular flexibility index (Phi) is 4.69. The molecular formula is C14H27N3. The van der Waals surface area contributed by atoms with Crippen molar-refractivity contribution in [1.82, 2.24) is 10.6 Å². The third kappa shape index (κ3) is 4.57. The molecule has 0 aromatic rings. The standard InChI is InChI=1S/C14H27N3/c1-11-4-3-5-13(10-11)17-14(15-2)16-9-8-12-6-7-12/h11-13H,3-10H2,1-2H3,(H2,15,16,17). The van der Waals surface area contributed by atoms with Gasteiger partial charge in [0.25, 0.3) is 0 Å². The van der Waals surface area contributed by atoms with Gasteiger partial charge < -0.3 is 10.6 Å². The van der Waals surface area contributed by atoms with Crippen molar-refractivity contribution in [3.63, 3.8) is 0 Å². The molecule has 0 bridgehead atoms. The minimum absolute atomic E-state index is 0.630. The minimum Gasteiger partial charge on any atom is -0.356 e. The summed E-state index contributed by atoms with van der Waals surface area (Å²) in [5, 5.41) is 7.01. The van der Waals surface area contributed by atoms with Gasteiger partial charge in [0.1, 0.15) is 0 Å². The van der Waals surface area contributed by atoms with Crippen LogP contribution in [-0.4, -0.2) is 25.6 Å². The normalized spacial score (nSPS) is 30.1. The molecule has 98 valence electrons. The zero-order chi connectivity index (χ0) is 12.1. The molecule has 0 amide bonds. The van der Waals surface area contributed by atoms with Gasteiger partial charge in [0.2, 0.25) is 0 Å². The van der Waals surface area contributed by atoms with Gasteiger partial charge in [-0.05, 0) is 31.1 Å². The quantitative estimate of drug-likeness (QED) is 0.582. The maximum absolute atomic E-state index is 4.32. The maximum atomic E-state index is 4.32. The molecule has 17 heavy (non-hydrogen) atoms. The first-order chi connectivity index (χ1) is 8.28. The van der Waals surface area contributed by atoms with Crippen LogP contribution >= 0.6 is 0 Å². The molecule has 2 aliphatic carbocycles. The largest absolute Gasteiger partial charge is 0.356 e. The smallest absolute Gasteiger partial charge is 0.191 e. The molecule has 2 unspecified atom stereocenters. The Morgan fingerprint density at radius 2 is 2.06 bits per heavy atom. The summed E-state index contributed by atoms with van der Waals surface area (Å²) in [4.78, 5) is 4.32. The van der Waals surface area contributed by atoms with Gasteiger partial charge in [0, 0.05) is 19.6 Å². The number of hydrogen-bond donors (Lipinski definition) is 2. The number of aliphatic imine (C=N–C) groups is 1. The molecular weight excluding hydrogens is 210 g/mol. The van der Waals surface area contributed by atoms with Crippen LogP contribution in [0.2, 0.25) is 0 Å². The highest BCUT2D eigenvalue weighted by Gasteiger charge is 2.21. The van der Waals surface area contributed by atoms with E-state index in [0.29, 0.717) is 6.04 Å². The first-order valence-corrected chi connectivity index (χ1v) is 7.25. The monoisotopic (exact) mass is 237 g/mol. The molecule has 3 nitrogen and oxygen atoms in total. The number of hydrogen-bond acceptors (Lipinski definition) is 1. The molecule has 3 heteroatoms. The van der Waals surface area contributed by atoms with E-state index < -0.39 is 0 Å². The summed E-state index contributed by atoms with van der Waals surface area (Å²) in [5.41, 5.74) is 0. The molecule has 0 spiro atoms. The van der Waals surface area contributed by atoms with Gasteiger partial charge in [-0.2, -0.15) is 0 Å². The van der Waals surface area contributed by atoms with Crippen LogP contribution < -0.4 is 10.6 Å². The number of rotatable bonds is 4. The summed E-state index contributed by atoms with van der Waals surface area (Å²) < 4.78 is 0. The zero-order valence-corrected chi connectivity index (χ0v) is 11.3. The van der Waals surface area contributed by atoms with E-state index in [2.05, 4.69) is 22.5 Å². The van der Waals surface area contributed by atoms with Crippen LogP contribution in [0.3, 0.4) is 0 Å². The Labute approximate surface area is 105 Å². The highest BCUT2D eigenvalue weighted by molar-refractivity contribution is 5.79. The second-order valence-corrected chi connectivity index (χ2v) is 5.84. The average Bonchev–Trinajstić information content (AvgIpc) is 3.12. The molecule has 0 aromatic heterocycles. The Morgan fingerprint density at radius 3 is 2.71 bits per heavy atom. The van der Waals surface area contributed by atoms with E-state index in [0.717, 1.165) is 24.3 Å². The van der Waals surface area contributed by atoms with E-state index >= 15 is 0 Å². The molecule has 0 aromatic carbocycles. The fraction of sp³-hybridized carbons (Fsp3) is 0.929. The third-order valence-corrected chi connectivity index (χ3v) is 4.04. The Morgan fingerprint density at radius 1 is 1.24 bits per heavy atom. The Balaban J connectivity index is 1.66. The summed E-state index contributed by atoms with van der Waals surface area (Å²) in [7, 11) is 1.87. The Hall–Kier alpha value is -0.730. The predicted molar refractivity (Wildman–Crippen MR) is 73.3 cm³/mol. The number of nitrogens with one attached hydrogen (secondary N) is 2. The Bertz CT molecular complexity index is 258. The van der Waals surface area contributed by atoms with E-state index in [1.165, 1.54) is 44.9 Å². The van der Waals surface area contributed by atoms with E-state index in [9.17, 15) is 0 Å². The van der Waals surface area contributed by atoms with Crippen molar-refractivity contribution >= 4 is 5.96 Å². The van der Waals surface area contributed by atoms with Crippen LogP contribution in [0.1, 0.15) is 51.9 Å². The lowest BCUT2D eigenvalue weighted by Crippen LogP contribution is -2.45. The average molecular weight is 237 g/mol. The lowest BCUT2D eigenvalue weighted by Gasteiger charge is -2.28. The highest BCUT2D eigenvalue weighted by atomic mass is 15.2. The summed E-state index contributed by atoms with van der Waals surface area (Å²) >= 11 is 0. The molecule has 2 fully saturated rings. The van der Waals surface area contributed by atoms with Gasteiger partial charge in [0.05, 0.1) is 0 Å². The van der Waals surface area contributed by atoms with E-state index in [4.69, 9.17) is 0 Å². The van der Waals surface area contributed by atoms with Crippen LogP contribution in [-0.2, 0) is 0 Å². The second kappa shape index (κ2) is 6.27. The van der Waals surface area contributed by atoms with Gasteiger partial charge in [-0.1, -0.05) is 32.6 Å². The van der Waals surface area contributed by atoms with Gasteiger partial charge >= 0.3 is 0 Å². The molecule has 2 N–H and O–H groups in total. The molecule has 2 atom stereocenters. The van der Waals surface area contributed by atoms with Crippen molar-refractivity contribution < 1.29 is 0 Å². The van der Waals surface area contributed by atoms with Crippen LogP contribution in [0.15, 0.2) is 4.99 Å². The molecule has 0 aliphatic heterocycles. The first-order valence-electron chi connectivity index (χ1n) is 7.25. The molecule has 2 saturated carbocycles. The lowest BCUT2D eigenvalue weighted by molar-refractivity contribution is 0.324. The predicted octanol–water partition coefficient (Wildman–Crippen LogP) is 2.53. The van der Waals surface area contributed by atoms with Crippen LogP contribution in [0.5, 0.6) is 0 Å². The SMILES string of the molecule is CN=C(NCCC1CC1)NC1CCCC(C)C1. The van der Waals surface area contributed by atoms with Crippen molar-refractivity contribution in [1.29, 1.82) is 0 Å². The van der Waals surface area contributed by atoms with Crippen LogP contribution in [0, 0.1) is 11.8 Å². The van der Waals surface area contributed by atoms with Gasteiger partial charge in [-0.15, -0.1) is 0 Å². The van der Waals surface area contributed by atoms with E-state index in [1.54, 1.807) is 0 Å². The molecule has 0 saturated heterocycles. The molecule has 0 radical (unpaired) electrons. The van der Waals surface area contributed by atoms with Crippen molar-refractivity contribution in [3.8, 4) is 0 Å². The van der Waals surface area contributed by atoms with Crippen LogP contribution in [0.4, 0.5) is 0 Å². The first kappa shape index (κ1) is 12.7. The third-order valence-electron chi connectivity index (χ3n) is 4.04. The van der Waals surface area contributed by atoms with Gasteiger partial charge in [-0.25, -0.2) is 0 Å². The lowest BCUT2D eigenvalue weighted by atomic mass is 9.87. The van der Waals surface area contributed by atoms with Crippen molar-refractivity contribution in [2.24, 2.45) is 16.8 Å². The van der Waals surface area contributed by atoms with Crippen molar-refractivity contribution in [2.75, 3.05) is 13.6 Å². The highest BCUT2D eigenvalue weighted by Crippen LogP contribution is 2.31. The summed E-state index contributed by atoms with van der Waals surface area (Å²) in [6.45, 7) is 3.43. The molecule has 2 aliphatic rings. The molecule has 2 rings (SSSR count). The second-order valence-electron chi connectivity index (χ2n) is 5.84. The van der Waals surface area contributed by atoms with E-state index in [-0.39, 0.29) is 0 Å². The summed E-state index contributed by atoms with van der Waals surface area (Å²) in [6.07, 6.45) is 9.53. The molecule has 0 heterocycles. The van der Waals surface area contributed by atoms with Crippen LogP contribution in [0.25, 0.3) is 0 Å². The summed E-state index contributed by atoms with van der Waals surface area (Å²) in [6, 6.07) is 0.630. The van der Waals surface area contributed by atoms with Crippen molar-refractivity contribution in [3.05, 3.63) is 0 Å². The topological polar surface area (TPSA) is 36.4 Å².